The molecule has 0 aliphatic carbocycles. The molecule has 0 amide bonds. The number of benzene rings is 1. The van der Waals surface area contributed by atoms with Crippen LogP contribution >= 0.6 is 15.9 Å². The molecule has 1 aromatic carbocycles. The molecule has 3 heteroatoms. The van der Waals surface area contributed by atoms with Crippen molar-refractivity contribution in [3.63, 3.8) is 0 Å². The van der Waals surface area contributed by atoms with E-state index < -0.39 is 0 Å². The maximum atomic E-state index is 5.76. The van der Waals surface area contributed by atoms with E-state index in [1.165, 1.54) is 0 Å². The molecule has 0 aromatic heterocycles. The molecule has 0 bridgehead atoms. The maximum Gasteiger partial charge on any atom is 0.119 e. The van der Waals surface area contributed by atoms with Gasteiger partial charge in [-0.3, -0.25) is 0 Å². The highest BCUT2D eigenvalue weighted by Gasteiger charge is 2.05. The SMILES string of the molecule is CCCC(C)OCc1cc(OC)ccc1Br. The Labute approximate surface area is 106 Å². The Hall–Kier alpha value is -0.540. The molecule has 0 heterocycles. The van der Waals surface area contributed by atoms with E-state index in [0.29, 0.717) is 12.7 Å². The van der Waals surface area contributed by atoms with E-state index in [9.17, 15) is 0 Å². The molecule has 1 atom stereocenters. The average molecular weight is 287 g/mol. The number of methoxy groups -OCH3 is 1. The van der Waals surface area contributed by atoms with Gasteiger partial charge in [0.25, 0.3) is 0 Å². The van der Waals surface area contributed by atoms with E-state index in [2.05, 4.69) is 29.8 Å². The molecule has 0 spiro atoms. The lowest BCUT2D eigenvalue weighted by atomic mass is 10.2. The molecular formula is C13H19BrO2. The minimum Gasteiger partial charge on any atom is -0.497 e. The molecule has 90 valence electrons. The Balaban J connectivity index is 2.58. The van der Waals surface area contributed by atoms with Crippen LogP contribution in [0.25, 0.3) is 0 Å². The first-order valence-corrected chi connectivity index (χ1v) is 6.40. The van der Waals surface area contributed by atoms with E-state index in [1.807, 2.05) is 18.2 Å². The minimum absolute atomic E-state index is 0.308. The third kappa shape index (κ3) is 4.14. The summed E-state index contributed by atoms with van der Waals surface area (Å²) in [7, 11) is 1.67. The van der Waals surface area contributed by atoms with Crippen LogP contribution < -0.4 is 4.74 Å². The van der Waals surface area contributed by atoms with Crippen LogP contribution in [0.1, 0.15) is 32.3 Å². The minimum atomic E-state index is 0.308. The smallest absolute Gasteiger partial charge is 0.119 e. The summed E-state index contributed by atoms with van der Waals surface area (Å²) in [5, 5.41) is 0. The van der Waals surface area contributed by atoms with E-state index in [1.54, 1.807) is 7.11 Å². The van der Waals surface area contributed by atoms with Crippen molar-refractivity contribution in [3.05, 3.63) is 28.2 Å². The van der Waals surface area contributed by atoms with Crippen LogP contribution in [-0.2, 0) is 11.3 Å². The Morgan fingerprint density at radius 1 is 1.38 bits per heavy atom. The Kier molecular flexibility index (Phi) is 5.85. The van der Waals surface area contributed by atoms with Crippen molar-refractivity contribution in [1.29, 1.82) is 0 Å². The van der Waals surface area contributed by atoms with Crippen molar-refractivity contribution in [2.75, 3.05) is 7.11 Å². The largest absolute Gasteiger partial charge is 0.497 e. The lowest BCUT2D eigenvalue weighted by Gasteiger charge is -2.13. The van der Waals surface area contributed by atoms with Gasteiger partial charge in [-0.25, -0.2) is 0 Å². The zero-order chi connectivity index (χ0) is 12.0. The van der Waals surface area contributed by atoms with Gasteiger partial charge in [-0.15, -0.1) is 0 Å². The third-order valence-electron chi connectivity index (χ3n) is 2.47. The van der Waals surface area contributed by atoms with Crippen LogP contribution in [0.5, 0.6) is 5.75 Å². The molecule has 0 N–H and O–H groups in total. The third-order valence-corrected chi connectivity index (χ3v) is 3.25. The number of rotatable bonds is 6. The highest BCUT2D eigenvalue weighted by molar-refractivity contribution is 9.10. The lowest BCUT2D eigenvalue weighted by Crippen LogP contribution is -2.07. The predicted octanol–water partition coefficient (Wildman–Crippen LogP) is 4.16. The summed E-state index contributed by atoms with van der Waals surface area (Å²) in [5.74, 6) is 0.866. The first kappa shape index (κ1) is 13.5. The van der Waals surface area contributed by atoms with Crippen molar-refractivity contribution in [2.45, 2.75) is 39.4 Å². The van der Waals surface area contributed by atoms with Crippen LogP contribution in [0.2, 0.25) is 0 Å². The first-order chi connectivity index (χ1) is 7.67. The summed E-state index contributed by atoms with van der Waals surface area (Å²) in [6, 6.07) is 5.92. The zero-order valence-corrected chi connectivity index (χ0v) is 11.7. The van der Waals surface area contributed by atoms with Crippen LogP contribution in [0, 0.1) is 0 Å². The van der Waals surface area contributed by atoms with Gasteiger partial charge in [0, 0.05) is 4.47 Å². The van der Waals surface area contributed by atoms with Gasteiger partial charge in [-0.2, -0.15) is 0 Å². The van der Waals surface area contributed by atoms with Crippen molar-refractivity contribution < 1.29 is 9.47 Å². The predicted molar refractivity (Wildman–Crippen MR) is 69.9 cm³/mol. The molecule has 16 heavy (non-hydrogen) atoms. The number of ether oxygens (including phenoxy) is 2. The molecular weight excluding hydrogens is 268 g/mol. The summed E-state index contributed by atoms with van der Waals surface area (Å²) in [4.78, 5) is 0. The molecule has 0 aliphatic rings. The van der Waals surface area contributed by atoms with Gasteiger partial charge in [0.1, 0.15) is 5.75 Å². The quantitative estimate of drug-likeness (QED) is 0.782. The Morgan fingerprint density at radius 3 is 2.75 bits per heavy atom. The zero-order valence-electron chi connectivity index (χ0n) is 10.1. The van der Waals surface area contributed by atoms with Gasteiger partial charge < -0.3 is 9.47 Å². The van der Waals surface area contributed by atoms with Crippen LogP contribution in [0.4, 0.5) is 0 Å². The van der Waals surface area contributed by atoms with Gasteiger partial charge in [0.2, 0.25) is 0 Å². The molecule has 1 rings (SSSR count). The fourth-order valence-corrected chi connectivity index (χ4v) is 1.87. The molecule has 0 saturated heterocycles. The van der Waals surface area contributed by atoms with Gasteiger partial charge >= 0.3 is 0 Å². The fourth-order valence-electron chi connectivity index (χ4n) is 1.51. The normalized spacial score (nSPS) is 12.5. The van der Waals surface area contributed by atoms with Gasteiger partial charge in [-0.1, -0.05) is 29.3 Å². The highest BCUT2D eigenvalue weighted by atomic mass is 79.9. The standard InChI is InChI=1S/C13H19BrO2/c1-4-5-10(2)16-9-11-8-12(15-3)6-7-13(11)14/h6-8,10H,4-5,9H2,1-3H3. The van der Waals surface area contributed by atoms with Crippen LogP contribution in [-0.4, -0.2) is 13.2 Å². The monoisotopic (exact) mass is 286 g/mol. The summed E-state index contributed by atoms with van der Waals surface area (Å²) in [5.41, 5.74) is 1.13. The van der Waals surface area contributed by atoms with E-state index in [0.717, 1.165) is 28.6 Å². The van der Waals surface area contributed by atoms with E-state index in [4.69, 9.17) is 9.47 Å². The lowest BCUT2D eigenvalue weighted by molar-refractivity contribution is 0.0468. The average Bonchev–Trinajstić information content (AvgIpc) is 2.28. The first-order valence-electron chi connectivity index (χ1n) is 5.61. The van der Waals surface area contributed by atoms with Crippen LogP contribution in [0.15, 0.2) is 22.7 Å². The summed E-state index contributed by atoms with van der Waals surface area (Å²) in [6.45, 7) is 4.90. The molecule has 0 fully saturated rings. The summed E-state index contributed by atoms with van der Waals surface area (Å²) >= 11 is 3.51. The van der Waals surface area contributed by atoms with Crippen molar-refractivity contribution in [1.82, 2.24) is 0 Å². The molecule has 1 aromatic rings. The number of hydrogen-bond acceptors (Lipinski definition) is 2. The maximum absolute atomic E-state index is 5.76. The van der Waals surface area contributed by atoms with Gasteiger partial charge in [-0.05, 0) is 37.1 Å². The second-order valence-electron chi connectivity index (χ2n) is 3.87. The van der Waals surface area contributed by atoms with Crippen molar-refractivity contribution in [3.8, 4) is 5.75 Å². The second kappa shape index (κ2) is 6.92. The fraction of sp³-hybridized carbons (Fsp3) is 0.538. The summed E-state index contributed by atoms with van der Waals surface area (Å²) in [6.07, 6.45) is 2.56. The topological polar surface area (TPSA) is 18.5 Å². The van der Waals surface area contributed by atoms with Crippen LogP contribution in [0.3, 0.4) is 0 Å². The van der Waals surface area contributed by atoms with Gasteiger partial charge in [0.15, 0.2) is 0 Å². The molecule has 0 aliphatic heterocycles. The van der Waals surface area contributed by atoms with Crippen molar-refractivity contribution >= 4 is 15.9 Å². The molecule has 2 nitrogen and oxygen atoms in total. The molecule has 1 unspecified atom stereocenters. The molecule has 0 radical (unpaired) electrons. The van der Waals surface area contributed by atoms with Gasteiger partial charge in [0.05, 0.1) is 19.8 Å². The second-order valence-corrected chi connectivity index (χ2v) is 4.72. The Bertz CT molecular complexity index is 326. The Morgan fingerprint density at radius 2 is 2.12 bits per heavy atom. The molecule has 0 saturated carbocycles. The highest BCUT2D eigenvalue weighted by Crippen LogP contribution is 2.23. The number of halogens is 1. The number of hydrogen-bond donors (Lipinski definition) is 0. The van der Waals surface area contributed by atoms with E-state index in [-0.39, 0.29) is 0 Å². The van der Waals surface area contributed by atoms with E-state index >= 15 is 0 Å². The summed E-state index contributed by atoms with van der Waals surface area (Å²) < 4.78 is 12.0. The van der Waals surface area contributed by atoms with Crippen molar-refractivity contribution in [2.24, 2.45) is 0 Å².